The van der Waals surface area contributed by atoms with Gasteiger partial charge in [-0.05, 0) is 36.2 Å². The summed E-state index contributed by atoms with van der Waals surface area (Å²) < 4.78 is 26.6. The second-order valence-corrected chi connectivity index (χ2v) is 6.28. The maximum Gasteiger partial charge on any atom is 0.335 e. The summed E-state index contributed by atoms with van der Waals surface area (Å²) in [6, 6.07) is 7.43. The molecule has 1 aromatic carbocycles. The first-order valence-electron chi connectivity index (χ1n) is 6.11. The number of sulfonamides is 1. The van der Waals surface area contributed by atoms with Gasteiger partial charge >= 0.3 is 5.97 Å². The van der Waals surface area contributed by atoms with Crippen LogP contribution in [-0.2, 0) is 15.8 Å². The van der Waals surface area contributed by atoms with E-state index in [9.17, 15) is 13.2 Å². The number of pyridine rings is 1. The molecule has 7 heteroatoms. The molecule has 2 rings (SSSR count). The van der Waals surface area contributed by atoms with Crippen molar-refractivity contribution in [2.24, 2.45) is 0 Å². The van der Waals surface area contributed by atoms with Crippen molar-refractivity contribution in [3.8, 4) is 0 Å². The van der Waals surface area contributed by atoms with Crippen LogP contribution < -0.4 is 4.72 Å². The smallest absolute Gasteiger partial charge is 0.335 e. The lowest BCUT2D eigenvalue weighted by molar-refractivity contribution is 0.0697. The van der Waals surface area contributed by atoms with Crippen molar-refractivity contribution < 1.29 is 18.3 Å². The Hall–Kier alpha value is -2.41. The molecule has 6 nitrogen and oxygen atoms in total. The summed E-state index contributed by atoms with van der Waals surface area (Å²) >= 11 is 0. The predicted molar refractivity (Wildman–Crippen MR) is 78.6 cm³/mol. The summed E-state index contributed by atoms with van der Waals surface area (Å²) in [6.07, 6.45) is 3.03. The van der Waals surface area contributed by atoms with Crippen LogP contribution in [0.25, 0.3) is 0 Å². The summed E-state index contributed by atoms with van der Waals surface area (Å²) in [5.41, 5.74) is 1.83. The number of aromatic nitrogens is 1. The zero-order valence-corrected chi connectivity index (χ0v) is 12.1. The van der Waals surface area contributed by atoms with Crippen LogP contribution >= 0.6 is 0 Å². The van der Waals surface area contributed by atoms with E-state index >= 15 is 0 Å². The lowest BCUT2D eigenvalue weighted by Gasteiger charge is -2.10. The van der Waals surface area contributed by atoms with E-state index in [1.165, 1.54) is 30.5 Å². The van der Waals surface area contributed by atoms with Crippen molar-refractivity contribution in [3.05, 3.63) is 59.4 Å². The summed E-state index contributed by atoms with van der Waals surface area (Å²) in [4.78, 5) is 14.6. The van der Waals surface area contributed by atoms with Crippen LogP contribution in [0.2, 0.25) is 0 Å². The van der Waals surface area contributed by atoms with Crippen molar-refractivity contribution in [3.63, 3.8) is 0 Å². The van der Waals surface area contributed by atoms with Gasteiger partial charge in [0, 0.05) is 6.20 Å². The molecule has 0 radical (unpaired) electrons. The molecule has 0 fully saturated rings. The van der Waals surface area contributed by atoms with E-state index in [4.69, 9.17) is 5.11 Å². The molecule has 0 spiro atoms. The number of aromatic carboxylic acids is 1. The van der Waals surface area contributed by atoms with E-state index in [-0.39, 0.29) is 11.3 Å². The number of nitrogens with zero attached hydrogens (tertiary/aromatic N) is 1. The molecular formula is C14H14N2O4S. The van der Waals surface area contributed by atoms with Gasteiger partial charge in [0.1, 0.15) is 0 Å². The zero-order chi connectivity index (χ0) is 15.5. The third-order valence-electron chi connectivity index (χ3n) is 2.86. The van der Waals surface area contributed by atoms with Gasteiger partial charge in [0.25, 0.3) is 0 Å². The highest BCUT2D eigenvalue weighted by Gasteiger charge is 2.13. The van der Waals surface area contributed by atoms with Crippen LogP contribution in [0.1, 0.15) is 21.5 Å². The van der Waals surface area contributed by atoms with Crippen LogP contribution in [0.4, 0.5) is 5.69 Å². The Morgan fingerprint density at radius 2 is 1.90 bits per heavy atom. The van der Waals surface area contributed by atoms with Gasteiger partial charge < -0.3 is 5.11 Å². The van der Waals surface area contributed by atoms with Gasteiger partial charge in [-0.1, -0.05) is 12.1 Å². The monoisotopic (exact) mass is 306 g/mol. The summed E-state index contributed by atoms with van der Waals surface area (Å²) in [5.74, 6) is -1.28. The highest BCUT2D eigenvalue weighted by Crippen LogP contribution is 2.16. The quantitative estimate of drug-likeness (QED) is 0.881. The fourth-order valence-electron chi connectivity index (χ4n) is 1.74. The number of carbonyl (C=O) groups is 1. The van der Waals surface area contributed by atoms with Gasteiger partial charge in [0.05, 0.1) is 23.2 Å². The average molecular weight is 306 g/mol. The van der Waals surface area contributed by atoms with Crippen LogP contribution in [-0.4, -0.2) is 24.5 Å². The van der Waals surface area contributed by atoms with Gasteiger partial charge in [-0.15, -0.1) is 0 Å². The lowest BCUT2D eigenvalue weighted by Crippen LogP contribution is -2.16. The predicted octanol–water partition coefficient (Wildman–Crippen LogP) is 2.03. The molecule has 1 aromatic heterocycles. The molecule has 2 N–H and O–H groups in total. The molecule has 0 aliphatic carbocycles. The minimum absolute atomic E-state index is 0.118. The number of benzene rings is 1. The first-order chi connectivity index (χ1) is 9.87. The number of hydrogen-bond donors (Lipinski definition) is 2. The number of hydrogen-bond acceptors (Lipinski definition) is 4. The number of carboxylic acids is 1. The van der Waals surface area contributed by atoms with Crippen molar-refractivity contribution in [1.29, 1.82) is 0 Å². The number of aryl methyl sites for hydroxylation is 1. The molecule has 0 saturated heterocycles. The fraction of sp³-hybridized carbons (Fsp3) is 0.143. The van der Waals surface area contributed by atoms with Crippen molar-refractivity contribution in [2.45, 2.75) is 12.7 Å². The van der Waals surface area contributed by atoms with Gasteiger partial charge in [0.15, 0.2) is 0 Å². The lowest BCUT2D eigenvalue weighted by atomic mass is 10.1. The molecular weight excluding hydrogens is 292 g/mol. The van der Waals surface area contributed by atoms with Crippen molar-refractivity contribution >= 4 is 21.7 Å². The van der Waals surface area contributed by atoms with Gasteiger partial charge in [-0.3, -0.25) is 9.71 Å². The first kappa shape index (κ1) is 15.0. The third-order valence-corrected chi connectivity index (χ3v) is 4.11. The van der Waals surface area contributed by atoms with Gasteiger partial charge in [-0.25, -0.2) is 13.2 Å². The summed E-state index contributed by atoms with van der Waals surface area (Å²) in [6.45, 7) is 1.78. The number of carboxylic acid groups (broad SMARTS) is 1. The second-order valence-electron chi connectivity index (χ2n) is 4.55. The maximum absolute atomic E-state index is 12.1. The normalized spacial score (nSPS) is 11.1. The highest BCUT2D eigenvalue weighted by molar-refractivity contribution is 7.91. The van der Waals surface area contributed by atoms with Crippen molar-refractivity contribution in [1.82, 2.24) is 4.98 Å². The zero-order valence-electron chi connectivity index (χ0n) is 11.3. The van der Waals surface area contributed by atoms with E-state index in [2.05, 4.69) is 9.71 Å². The number of rotatable bonds is 5. The van der Waals surface area contributed by atoms with E-state index in [1.54, 1.807) is 19.2 Å². The maximum atomic E-state index is 12.1. The molecule has 0 bridgehead atoms. The van der Waals surface area contributed by atoms with Crippen LogP contribution in [0, 0.1) is 6.92 Å². The minimum Gasteiger partial charge on any atom is -0.478 e. The molecule has 0 atom stereocenters. The standard InChI is InChI=1S/C14H14N2O4S/c1-10-6-7-15-8-13(10)16-21(19,20)9-11-2-4-12(5-3-11)14(17)18/h2-8,16H,9H2,1H3,(H,17,18). The molecule has 0 unspecified atom stereocenters. The highest BCUT2D eigenvalue weighted by atomic mass is 32.2. The average Bonchev–Trinajstić information content (AvgIpc) is 2.41. The van der Waals surface area contributed by atoms with E-state index in [0.717, 1.165) is 5.56 Å². The molecule has 1 heterocycles. The Morgan fingerprint density at radius 3 is 2.48 bits per heavy atom. The molecule has 110 valence electrons. The minimum atomic E-state index is -3.58. The first-order valence-corrected chi connectivity index (χ1v) is 7.76. The molecule has 21 heavy (non-hydrogen) atoms. The Bertz CT molecular complexity index is 755. The molecule has 2 aromatic rings. The van der Waals surface area contributed by atoms with Crippen LogP contribution in [0.5, 0.6) is 0 Å². The van der Waals surface area contributed by atoms with E-state index in [1.807, 2.05) is 0 Å². The summed E-state index contributed by atoms with van der Waals surface area (Å²) in [5, 5.41) is 8.80. The van der Waals surface area contributed by atoms with Gasteiger partial charge in [-0.2, -0.15) is 0 Å². The van der Waals surface area contributed by atoms with Gasteiger partial charge in [0.2, 0.25) is 10.0 Å². The van der Waals surface area contributed by atoms with E-state index in [0.29, 0.717) is 11.3 Å². The number of anilines is 1. The molecule has 0 amide bonds. The van der Waals surface area contributed by atoms with Crippen LogP contribution in [0.15, 0.2) is 42.7 Å². The Morgan fingerprint density at radius 1 is 1.24 bits per heavy atom. The fourth-order valence-corrected chi connectivity index (χ4v) is 2.99. The molecule has 0 aliphatic rings. The second kappa shape index (κ2) is 5.92. The Balaban J connectivity index is 2.14. The van der Waals surface area contributed by atoms with Crippen LogP contribution in [0.3, 0.4) is 0 Å². The summed E-state index contributed by atoms with van der Waals surface area (Å²) in [7, 11) is -3.58. The SMILES string of the molecule is Cc1ccncc1NS(=O)(=O)Cc1ccc(C(=O)O)cc1. The number of nitrogens with one attached hydrogen (secondary N) is 1. The third kappa shape index (κ3) is 4.03. The molecule has 0 saturated carbocycles. The van der Waals surface area contributed by atoms with Crippen molar-refractivity contribution in [2.75, 3.05) is 4.72 Å². The van der Waals surface area contributed by atoms with E-state index < -0.39 is 16.0 Å². The Kier molecular flexibility index (Phi) is 4.23. The topological polar surface area (TPSA) is 96.4 Å². The Labute approximate surface area is 122 Å². The largest absolute Gasteiger partial charge is 0.478 e. The molecule has 0 aliphatic heterocycles.